The van der Waals surface area contributed by atoms with Crippen molar-refractivity contribution in [2.45, 2.75) is 26.4 Å². The van der Waals surface area contributed by atoms with Crippen LogP contribution in [0.25, 0.3) is 0 Å². The standard InChI is InChI=1S/C5H10O2.CH4/c6-5-2-1-3-7-4-5;/h5-6H,1-4H2;1H4. The van der Waals surface area contributed by atoms with Crippen molar-refractivity contribution in [3.63, 3.8) is 0 Å². The minimum atomic E-state index is -0.186. The molecule has 1 unspecified atom stereocenters. The van der Waals surface area contributed by atoms with E-state index in [4.69, 9.17) is 9.84 Å². The Kier molecular flexibility index (Phi) is 3.83. The summed E-state index contributed by atoms with van der Waals surface area (Å²) in [5, 5.41) is 8.78. The molecule has 1 fully saturated rings. The van der Waals surface area contributed by atoms with Crippen LogP contribution >= 0.6 is 0 Å². The van der Waals surface area contributed by atoms with Crippen LogP contribution in [0.5, 0.6) is 0 Å². The van der Waals surface area contributed by atoms with Crippen LogP contribution in [-0.4, -0.2) is 24.4 Å². The fourth-order valence-electron chi connectivity index (χ4n) is 0.724. The van der Waals surface area contributed by atoms with Gasteiger partial charge in [-0.25, -0.2) is 0 Å². The quantitative estimate of drug-likeness (QED) is 0.509. The highest BCUT2D eigenvalue weighted by Crippen LogP contribution is 2.03. The van der Waals surface area contributed by atoms with Crippen molar-refractivity contribution in [3.8, 4) is 0 Å². The number of hydrogen-bond acceptors (Lipinski definition) is 2. The normalized spacial score (nSPS) is 28.9. The lowest BCUT2D eigenvalue weighted by molar-refractivity contribution is -0.00535. The second kappa shape index (κ2) is 3.87. The highest BCUT2D eigenvalue weighted by molar-refractivity contribution is 4.57. The van der Waals surface area contributed by atoms with Crippen molar-refractivity contribution in [1.82, 2.24) is 0 Å². The fourth-order valence-corrected chi connectivity index (χ4v) is 0.724. The first-order chi connectivity index (χ1) is 3.39. The third-order valence-corrected chi connectivity index (χ3v) is 1.14. The van der Waals surface area contributed by atoms with E-state index in [1.807, 2.05) is 0 Å². The summed E-state index contributed by atoms with van der Waals surface area (Å²) >= 11 is 0. The van der Waals surface area contributed by atoms with Crippen LogP contribution in [-0.2, 0) is 4.74 Å². The van der Waals surface area contributed by atoms with E-state index in [9.17, 15) is 0 Å². The lowest BCUT2D eigenvalue weighted by Crippen LogP contribution is -2.21. The average Bonchev–Trinajstić information content (AvgIpc) is 1.69. The number of ether oxygens (including phenoxy) is 1. The molecular formula is C6H14O2. The van der Waals surface area contributed by atoms with Crippen LogP contribution in [0.15, 0.2) is 0 Å². The Hall–Kier alpha value is -0.0800. The number of hydrogen-bond donors (Lipinski definition) is 1. The van der Waals surface area contributed by atoms with Crippen LogP contribution in [0.1, 0.15) is 20.3 Å². The van der Waals surface area contributed by atoms with Crippen molar-refractivity contribution >= 4 is 0 Å². The largest absolute Gasteiger partial charge is 0.391 e. The molecule has 0 aliphatic carbocycles. The van der Waals surface area contributed by atoms with Crippen LogP contribution in [0.3, 0.4) is 0 Å². The molecule has 1 N–H and O–H groups in total. The third kappa shape index (κ3) is 2.28. The van der Waals surface area contributed by atoms with Gasteiger partial charge in [-0.15, -0.1) is 0 Å². The molecular weight excluding hydrogens is 104 g/mol. The Balaban J connectivity index is 0.000000490. The van der Waals surface area contributed by atoms with E-state index in [1.54, 1.807) is 0 Å². The van der Waals surface area contributed by atoms with Gasteiger partial charge in [0.2, 0.25) is 0 Å². The second-order valence-electron chi connectivity index (χ2n) is 1.87. The predicted octanol–water partition coefficient (Wildman–Crippen LogP) is 0.794. The summed E-state index contributed by atoms with van der Waals surface area (Å²) in [6.45, 7) is 1.37. The molecule has 8 heavy (non-hydrogen) atoms. The van der Waals surface area contributed by atoms with Gasteiger partial charge in [-0.3, -0.25) is 0 Å². The topological polar surface area (TPSA) is 29.5 Å². The first-order valence-electron chi connectivity index (χ1n) is 2.65. The minimum absolute atomic E-state index is 0. The van der Waals surface area contributed by atoms with Gasteiger partial charge in [0, 0.05) is 6.61 Å². The second-order valence-corrected chi connectivity index (χ2v) is 1.87. The molecule has 50 valence electrons. The van der Waals surface area contributed by atoms with E-state index < -0.39 is 0 Å². The molecule has 0 aromatic carbocycles. The summed E-state index contributed by atoms with van der Waals surface area (Å²) in [5.41, 5.74) is 0. The minimum Gasteiger partial charge on any atom is -0.391 e. The molecule has 2 nitrogen and oxygen atoms in total. The molecule has 0 aromatic rings. The van der Waals surface area contributed by atoms with E-state index in [0.29, 0.717) is 6.61 Å². The molecule has 0 bridgehead atoms. The Labute approximate surface area is 50.5 Å². The summed E-state index contributed by atoms with van der Waals surface area (Å²) in [6.07, 6.45) is 1.75. The smallest absolute Gasteiger partial charge is 0.0774 e. The van der Waals surface area contributed by atoms with Gasteiger partial charge in [-0.05, 0) is 12.8 Å². The third-order valence-electron chi connectivity index (χ3n) is 1.14. The SMILES string of the molecule is C.OC1CCCOC1. The first kappa shape index (κ1) is 7.92. The maximum atomic E-state index is 8.78. The lowest BCUT2D eigenvalue weighted by Gasteiger charge is -2.15. The van der Waals surface area contributed by atoms with E-state index in [1.165, 1.54) is 0 Å². The zero-order valence-corrected chi connectivity index (χ0v) is 4.26. The van der Waals surface area contributed by atoms with Gasteiger partial charge in [0.15, 0.2) is 0 Å². The van der Waals surface area contributed by atoms with Gasteiger partial charge < -0.3 is 9.84 Å². The molecule has 0 amide bonds. The van der Waals surface area contributed by atoms with E-state index in [-0.39, 0.29) is 13.5 Å². The average molecular weight is 118 g/mol. The molecule has 1 saturated heterocycles. The molecule has 2 heteroatoms. The van der Waals surface area contributed by atoms with Crippen molar-refractivity contribution in [2.24, 2.45) is 0 Å². The maximum Gasteiger partial charge on any atom is 0.0774 e. The fraction of sp³-hybridized carbons (Fsp3) is 1.00. The van der Waals surface area contributed by atoms with Gasteiger partial charge in [0.05, 0.1) is 12.7 Å². The van der Waals surface area contributed by atoms with Crippen molar-refractivity contribution in [2.75, 3.05) is 13.2 Å². The molecule has 1 aliphatic rings. The molecule has 0 saturated carbocycles. The highest BCUT2D eigenvalue weighted by Gasteiger charge is 2.07. The molecule has 1 rings (SSSR count). The monoisotopic (exact) mass is 118 g/mol. The summed E-state index contributed by atoms with van der Waals surface area (Å²) in [7, 11) is 0. The van der Waals surface area contributed by atoms with E-state index in [2.05, 4.69) is 0 Å². The van der Waals surface area contributed by atoms with Gasteiger partial charge >= 0.3 is 0 Å². The van der Waals surface area contributed by atoms with Crippen molar-refractivity contribution in [3.05, 3.63) is 0 Å². The summed E-state index contributed by atoms with van der Waals surface area (Å²) < 4.78 is 4.93. The number of rotatable bonds is 0. The molecule has 0 spiro atoms. The number of aliphatic hydroxyl groups excluding tert-OH is 1. The summed E-state index contributed by atoms with van der Waals surface area (Å²) in [4.78, 5) is 0. The summed E-state index contributed by atoms with van der Waals surface area (Å²) in [5.74, 6) is 0. The zero-order valence-electron chi connectivity index (χ0n) is 4.26. The first-order valence-corrected chi connectivity index (χ1v) is 2.65. The van der Waals surface area contributed by atoms with Crippen LogP contribution in [0, 0.1) is 0 Å². The predicted molar refractivity (Wildman–Crippen MR) is 32.8 cm³/mol. The number of aliphatic hydroxyl groups is 1. The Morgan fingerprint density at radius 3 is 2.50 bits per heavy atom. The van der Waals surface area contributed by atoms with Crippen LogP contribution in [0.4, 0.5) is 0 Å². The summed E-state index contributed by atoms with van der Waals surface area (Å²) in [6, 6.07) is 0. The molecule has 0 radical (unpaired) electrons. The Morgan fingerprint density at radius 1 is 1.50 bits per heavy atom. The van der Waals surface area contributed by atoms with Crippen molar-refractivity contribution < 1.29 is 9.84 Å². The molecule has 1 atom stereocenters. The van der Waals surface area contributed by atoms with Gasteiger partial charge in [0.25, 0.3) is 0 Å². The lowest BCUT2D eigenvalue weighted by atomic mass is 10.2. The van der Waals surface area contributed by atoms with Crippen LogP contribution < -0.4 is 0 Å². The van der Waals surface area contributed by atoms with E-state index in [0.717, 1.165) is 19.4 Å². The Morgan fingerprint density at radius 2 is 2.25 bits per heavy atom. The molecule has 0 aromatic heterocycles. The highest BCUT2D eigenvalue weighted by atomic mass is 16.5. The molecule has 1 aliphatic heterocycles. The van der Waals surface area contributed by atoms with E-state index >= 15 is 0 Å². The zero-order chi connectivity index (χ0) is 5.11. The Bertz CT molecular complexity index is 48.5. The van der Waals surface area contributed by atoms with Crippen molar-refractivity contribution in [1.29, 1.82) is 0 Å². The van der Waals surface area contributed by atoms with Gasteiger partial charge in [0.1, 0.15) is 0 Å². The molecule has 1 heterocycles. The maximum absolute atomic E-state index is 8.78. The van der Waals surface area contributed by atoms with Gasteiger partial charge in [-0.2, -0.15) is 0 Å². The van der Waals surface area contributed by atoms with Crippen LogP contribution in [0.2, 0.25) is 0 Å². The van der Waals surface area contributed by atoms with Gasteiger partial charge in [-0.1, -0.05) is 7.43 Å².